The van der Waals surface area contributed by atoms with Crippen LogP contribution in [0, 0.1) is 0 Å². The number of hydrazine groups is 1. The van der Waals surface area contributed by atoms with E-state index >= 15 is 0 Å². The van der Waals surface area contributed by atoms with Gasteiger partial charge in [0, 0.05) is 16.5 Å². The first kappa shape index (κ1) is 27.8. The van der Waals surface area contributed by atoms with Gasteiger partial charge in [-0.15, -0.1) is 0 Å². The van der Waals surface area contributed by atoms with Gasteiger partial charge in [-0.2, -0.15) is 0 Å². The lowest BCUT2D eigenvalue weighted by Gasteiger charge is -2.15. The summed E-state index contributed by atoms with van der Waals surface area (Å²) in [4.78, 5) is 25.6. The minimum absolute atomic E-state index is 0.110. The SMILES string of the molecule is COc1cc(C(=O)NNC(=S)NC(=O)c2cc(Br)ccc2OCCc2ccccc2)cc(OC)c1OC. The summed E-state index contributed by atoms with van der Waals surface area (Å²) < 4.78 is 22.4. The summed E-state index contributed by atoms with van der Waals surface area (Å²) in [6.07, 6.45) is 0.685. The molecule has 0 fully saturated rings. The van der Waals surface area contributed by atoms with Crippen LogP contribution in [-0.2, 0) is 6.42 Å². The molecule has 11 heteroatoms. The van der Waals surface area contributed by atoms with Crippen molar-refractivity contribution in [2.24, 2.45) is 0 Å². The zero-order valence-corrected chi connectivity index (χ0v) is 22.8. The Morgan fingerprint density at radius 3 is 2.14 bits per heavy atom. The first-order valence-corrected chi connectivity index (χ1v) is 12.2. The fourth-order valence-electron chi connectivity index (χ4n) is 3.33. The molecule has 0 spiro atoms. The van der Waals surface area contributed by atoms with Crippen LogP contribution in [0.5, 0.6) is 23.0 Å². The van der Waals surface area contributed by atoms with Crippen LogP contribution in [0.15, 0.2) is 65.1 Å². The van der Waals surface area contributed by atoms with Crippen LogP contribution in [0.25, 0.3) is 0 Å². The van der Waals surface area contributed by atoms with Gasteiger partial charge in [-0.1, -0.05) is 46.3 Å². The first-order valence-electron chi connectivity index (χ1n) is 11.0. The second-order valence-corrected chi connectivity index (χ2v) is 8.82. The lowest BCUT2D eigenvalue weighted by Crippen LogP contribution is -2.48. The van der Waals surface area contributed by atoms with Crippen LogP contribution in [0.1, 0.15) is 26.3 Å². The van der Waals surface area contributed by atoms with Gasteiger partial charge in [-0.3, -0.25) is 25.8 Å². The zero-order chi connectivity index (χ0) is 26.8. The molecule has 0 unspecified atom stereocenters. The Bertz CT molecular complexity index is 1250. The standard InChI is InChI=1S/C26H26BrN3O6S/c1-33-21-13-17(14-22(34-2)23(21)35-3)24(31)29-30-26(37)28-25(32)19-15-18(27)9-10-20(19)36-12-11-16-7-5-4-6-8-16/h4-10,13-15H,11-12H2,1-3H3,(H,29,31)(H2,28,30,32,37). The van der Waals surface area contributed by atoms with Crippen molar-refractivity contribution in [3.8, 4) is 23.0 Å². The van der Waals surface area contributed by atoms with Crippen LogP contribution in [-0.4, -0.2) is 44.9 Å². The van der Waals surface area contributed by atoms with Crippen molar-refractivity contribution in [3.05, 3.63) is 81.8 Å². The largest absolute Gasteiger partial charge is 0.493 e. The molecular formula is C26H26BrN3O6S. The Morgan fingerprint density at radius 1 is 0.838 bits per heavy atom. The average Bonchev–Trinajstić information content (AvgIpc) is 2.92. The minimum Gasteiger partial charge on any atom is -0.493 e. The Morgan fingerprint density at radius 2 is 1.51 bits per heavy atom. The summed E-state index contributed by atoms with van der Waals surface area (Å²) in [6.45, 7) is 0.388. The first-order chi connectivity index (χ1) is 17.9. The third-order valence-electron chi connectivity index (χ3n) is 5.12. The van der Waals surface area contributed by atoms with Crippen molar-refractivity contribution >= 4 is 45.1 Å². The highest BCUT2D eigenvalue weighted by atomic mass is 79.9. The molecule has 194 valence electrons. The maximum Gasteiger partial charge on any atom is 0.269 e. The molecule has 0 aromatic heterocycles. The average molecular weight is 588 g/mol. The number of amides is 2. The number of rotatable bonds is 9. The number of thiocarbonyl (C=S) groups is 1. The normalized spacial score (nSPS) is 10.2. The van der Waals surface area contributed by atoms with Gasteiger partial charge in [-0.05, 0) is 48.1 Å². The third-order valence-corrected chi connectivity index (χ3v) is 5.82. The number of carbonyl (C=O) groups excluding carboxylic acids is 2. The van der Waals surface area contributed by atoms with Crippen molar-refractivity contribution in [2.45, 2.75) is 6.42 Å². The molecule has 0 aliphatic rings. The predicted octanol–water partition coefficient (Wildman–Crippen LogP) is 4.05. The molecule has 0 aliphatic heterocycles. The van der Waals surface area contributed by atoms with Gasteiger partial charge >= 0.3 is 0 Å². The highest BCUT2D eigenvalue weighted by Gasteiger charge is 2.18. The molecule has 0 bridgehead atoms. The van der Waals surface area contributed by atoms with E-state index in [0.717, 1.165) is 5.56 Å². The maximum absolute atomic E-state index is 12.9. The predicted molar refractivity (Wildman–Crippen MR) is 147 cm³/mol. The number of halogens is 1. The van der Waals surface area contributed by atoms with E-state index in [9.17, 15) is 9.59 Å². The van der Waals surface area contributed by atoms with Crippen molar-refractivity contribution in [3.63, 3.8) is 0 Å². The molecular weight excluding hydrogens is 562 g/mol. The Kier molecular flexibility index (Phi) is 10.1. The monoisotopic (exact) mass is 587 g/mol. The zero-order valence-electron chi connectivity index (χ0n) is 20.4. The van der Waals surface area contributed by atoms with E-state index < -0.39 is 11.8 Å². The van der Waals surface area contributed by atoms with E-state index in [2.05, 4.69) is 32.1 Å². The summed E-state index contributed by atoms with van der Waals surface area (Å²) in [5, 5.41) is 2.43. The molecule has 2 amide bonds. The van der Waals surface area contributed by atoms with Crippen molar-refractivity contribution in [1.82, 2.24) is 16.2 Å². The second kappa shape index (κ2) is 13.5. The van der Waals surface area contributed by atoms with Gasteiger partial charge in [0.15, 0.2) is 16.6 Å². The number of hydrogen-bond donors (Lipinski definition) is 3. The van der Waals surface area contributed by atoms with Crippen molar-refractivity contribution in [1.29, 1.82) is 0 Å². The smallest absolute Gasteiger partial charge is 0.269 e. The molecule has 0 heterocycles. The van der Waals surface area contributed by atoms with Crippen LogP contribution < -0.4 is 35.1 Å². The molecule has 3 N–H and O–H groups in total. The fourth-order valence-corrected chi connectivity index (χ4v) is 3.83. The highest BCUT2D eigenvalue weighted by molar-refractivity contribution is 9.10. The summed E-state index contributed by atoms with van der Waals surface area (Å²) in [5.74, 6) is 0.349. The molecule has 3 rings (SSSR count). The number of carbonyl (C=O) groups is 2. The number of benzene rings is 3. The van der Waals surface area contributed by atoms with E-state index in [1.54, 1.807) is 18.2 Å². The van der Waals surface area contributed by atoms with Crippen molar-refractivity contribution in [2.75, 3.05) is 27.9 Å². The number of hydrogen-bond acceptors (Lipinski definition) is 7. The summed E-state index contributed by atoms with van der Waals surface area (Å²) in [7, 11) is 4.36. The Balaban J connectivity index is 1.61. The van der Waals surface area contributed by atoms with Crippen LogP contribution in [0.4, 0.5) is 0 Å². The van der Waals surface area contributed by atoms with Gasteiger partial charge in [0.1, 0.15) is 5.75 Å². The van der Waals surface area contributed by atoms with E-state index in [1.807, 2.05) is 30.3 Å². The number of methoxy groups -OCH3 is 3. The Hall–Kier alpha value is -3.83. The van der Waals surface area contributed by atoms with Crippen LogP contribution in [0.3, 0.4) is 0 Å². The summed E-state index contributed by atoms with van der Waals surface area (Å²) in [6, 6.07) is 18.0. The summed E-state index contributed by atoms with van der Waals surface area (Å²) >= 11 is 8.56. The molecule has 0 saturated heterocycles. The molecule has 37 heavy (non-hydrogen) atoms. The highest BCUT2D eigenvalue weighted by Crippen LogP contribution is 2.38. The fraction of sp³-hybridized carbons (Fsp3) is 0.192. The quantitative estimate of drug-likeness (QED) is 0.254. The Labute approximate surface area is 228 Å². The molecule has 0 saturated carbocycles. The molecule has 0 aliphatic carbocycles. The molecule has 9 nitrogen and oxygen atoms in total. The van der Waals surface area contributed by atoms with Gasteiger partial charge in [0.2, 0.25) is 5.75 Å². The van der Waals surface area contributed by atoms with Crippen molar-refractivity contribution < 1.29 is 28.5 Å². The van der Waals surface area contributed by atoms with Crippen LogP contribution >= 0.6 is 28.1 Å². The van der Waals surface area contributed by atoms with E-state index in [0.29, 0.717) is 40.5 Å². The van der Waals surface area contributed by atoms with E-state index in [4.69, 9.17) is 31.2 Å². The van der Waals surface area contributed by atoms with Gasteiger partial charge < -0.3 is 18.9 Å². The van der Waals surface area contributed by atoms with Gasteiger partial charge in [0.05, 0.1) is 33.5 Å². The lowest BCUT2D eigenvalue weighted by atomic mass is 10.1. The number of ether oxygens (including phenoxy) is 4. The summed E-state index contributed by atoms with van der Waals surface area (Å²) in [5.41, 5.74) is 6.58. The number of nitrogens with one attached hydrogen (secondary N) is 3. The second-order valence-electron chi connectivity index (χ2n) is 7.50. The van der Waals surface area contributed by atoms with E-state index in [1.165, 1.54) is 33.5 Å². The molecule has 0 radical (unpaired) electrons. The molecule has 0 atom stereocenters. The maximum atomic E-state index is 12.9. The van der Waals surface area contributed by atoms with Gasteiger partial charge in [0.25, 0.3) is 11.8 Å². The topological polar surface area (TPSA) is 107 Å². The van der Waals surface area contributed by atoms with E-state index in [-0.39, 0.29) is 16.2 Å². The minimum atomic E-state index is -0.539. The van der Waals surface area contributed by atoms with Gasteiger partial charge in [-0.25, -0.2) is 0 Å². The van der Waals surface area contributed by atoms with Crippen LogP contribution in [0.2, 0.25) is 0 Å². The molecule has 3 aromatic carbocycles. The molecule has 3 aromatic rings. The third kappa shape index (κ3) is 7.58. The lowest BCUT2D eigenvalue weighted by molar-refractivity contribution is 0.0933.